The van der Waals surface area contributed by atoms with Crippen molar-refractivity contribution >= 4 is 29.5 Å². The average Bonchev–Trinajstić information content (AvgIpc) is 3.43. The molecular weight excluding hydrogens is 465 g/mol. The highest BCUT2D eigenvalue weighted by atomic mass is 32.2. The van der Waals surface area contributed by atoms with Gasteiger partial charge in [0.05, 0.1) is 11.3 Å². The molecule has 35 heavy (non-hydrogen) atoms. The lowest BCUT2D eigenvalue weighted by atomic mass is 9.95. The summed E-state index contributed by atoms with van der Waals surface area (Å²) in [7, 11) is 0. The Bertz CT molecular complexity index is 1050. The van der Waals surface area contributed by atoms with E-state index >= 15 is 0 Å². The highest BCUT2D eigenvalue weighted by molar-refractivity contribution is 8.00. The maximum Gasteiger partial charge on any atom is 0.254 e. The number of piperidine rings is 1. The Morgan fingerprint density at radius 3 is 2.34 bits per heavy atom. The molecule has 186 valence electrons. The maximum absolute atomic E-state index is 13.7. The summed E-state index contributed by atoms with van der Waals surface area (Å²) < 4.78 is 13.7. The Morgan fingerprint density at radius 1 is 0.914 bits per heavy atom. The van der Waals surface area contributed by atoms with Gasteiger partial charge in [0.25, 0.3) is 5.91 Å². The van der Waals surface area contributed by atoms with Crippen LogP contribution < -0.4 is 5.32 Å². The van der Waals surface area contributed by atoms with Crippen LogP contribution in [0.15, 0.2) is 53.4 Å². The molecule has 0 spiro atoms. The van der Waals surface area contributed by atoms with E-state index in [1.165, 1.54) is 17.8 Å². The predicted molar refractivity (Wildman–Crippen MR) is 135 cm³/mol. The zero-order valence-electron chi connectivity index (χ0n) is 19.9. The predicted octanol–water partition coefficient (Wildman–Crippen LogP) is 3.75. The maximum atomic E-state index is 13.7. The van der Waals surface area contributed by atoms with Crippen molar-refractivity contribution in [2.24, 2.45) is 5.92 Å². The van der Waals surface area contributed by atoms with Gasteiger partial charge in [-0.25, -0.2) is 4.39 Å². The molecule has 2 heterocycles. The van der Waals surface area contributed by atoms with E-state index in [0.717, 1.165) is 30.8 Å². The minimum Gasteiger partial charge on any atom is -0.356 e. The van der Waals surface area contributed by atoms with E-state index in [1.807, 2.05) is 29.2 Å². The summed E-state index contributed by atoms with van der Waals surface area (Å²) in [5, 5.41) is 2.92. The molecule has 8 heteroatoms. The van der Waals surface area contributed by atoms with Gasteiger partial charge in [0.2, 0.25) is 11.8 Å². The highest BCUT2D eigenvalue weighted by Gasteiger charge is 2.29. The zero-order chi connectivity index (χ0) is 24.6. The van der Waals surface area contributed by atoms with E-state index in [2.05, 4.69) is 5.32 Å². The van der Waals surface area contributed by atoms with Crippen LogP contribution >= 0.6 is 11.8 Å². The number of benzene rings is 2. The minimum absolute atomic E-state index is 0.0372. The van der Waals surface area contributed by atoms with Gasteiger partial charge >= 0.3 is 0 Å². The average molecular weight is 498 g/mol. The van der Waals surface area contributed by atoms with Crippen molar-refractivity contribution in [1.82, 2.24) is 15.1 Å². The number of amides is 3. The van der Waals surface area contributed by atoms with Crippen molar-refractivity contribution in [2.45, 2.75) is 37.0 Å². The monoisotopic (exact) mass is 497 g/mol. The molecule has 0 aromatic heterocycles. The van der Waals surface area contributed by atoms with E-state index in [4.69, 9.17) is 0 Å². The van der Waals surface area contributed by atoms with E-state index in [1.54, 1.807) is 23.1 Å². The SMILES string of the molecule is O=C(NCCc1ccccc1F)C1CCN(C(=O)c2ccccc2SCC(=O)N2CCCC2)CC1. The summed E-state index contributed by atoms with van der Waals surface area (Å²) in [5.74, 6) is -0.0456. The summed E-state index contributed by atoms with van der Waals surface area (Å²) in [6, 6.07) is 14.0. The van der Waals surface area contributed by atoms with E-state index in [-0.39, 0.29) is 29.5 Å². The molecule has 2 aromatic rings. The van der Waals surface area contributed by atoms with Crippen LogP contribution in [0.5, 0.6) is 0 Å². The number of carbonyl (C=O) groups is 3. The Hall–Kier alpha value is -2.87. The third-order valence-electron chi connectivity index (χ3n) is 6.73. The molecule has 0 radical (unpaired) electrons. The topological polar surface area (TPSA) is 69.7 Å². The van der Waals surface area contributed by atoms with Gasteiger partial charge in [-0.2, -0.15) is 0 Å². The van der Waals surface area contributed by atoms with E-state index in [0.29, 0.717) is 55.8 Å². The van der Waals surface area contributed by atoms with Gasteiger partial charge in [-0.05, 0) is 55.9 Å². The van der Waals surface area contributed by atoms with Crippen molar-refractivity contribution in [3.05, 3.63) is 65.5 Å². The van der Waals surface area contributed by atoms with Crippen LogP contribution in [-0.4, -0.2) is 66.0 Å². The Balaban J connectivity index is 1.25. The molecule has 2 aromatic carbocycles. The fraction of sp³-hybridized carbons (Fsp3) is 0.444. The molecule has 0 bridgehead atoms. The molecule has 3 amide bonds. The highest BCUT2D eigenvalue weighted by Crippen LogP contribution is 2.27. The Labute approximate surface area is 210 Å². The first-order valence-corrected chi connectivity index (χ1v) is 13.3. The van der Waals surface area contributed by atoms with Gasteiger partial charge in [0, 0.05) is 43.5 Å². The molecule has 0 aliphatic carbocycles. The lowest BCUT2D eigenvalue weighted by molar-refractivity contribution is -0.127. The summed E-state index contributed by atoms with van der Waals surface area (Å²) in [4.78, 5) is 42.8. The molecule has 2 saturated heterocycles. The van der Waals surface area contributed by atoms with Gasteiger partial charge in [-0.1, -0.05) is 30.3 Å². The van der Waals surface area contributed by atoms with Crippen LogP contribution in [0.1, 0.15) is 41.6 Å². The van der Waals surface area contributed by atoms with Gasteiger partial charge in [0.1, 0.15) is 5.82 Å². The number of halogens is 1. The first-order chi connectivity index (χ1) is 17.0. The van der Waals surface area contributed by atoms with Crippen LogP contribution in [0.3, 0.4) is 0 Å². The number of likely N-dealkylation sites (tertiary alicyclic amines) is 2. The van der Waals surface area contributed by atoms with Gasteiger partial charge < -0.3 is 15.1 Å². The fourth-order valence-electron chi connectivity index (χ4n) is 4.65. The largest absolute Gasteiger partial charge is 0.356 e. The Kier molecular flexibility index (Phi) is 8.79. The minimum atomic E-state index is -0.257. The number of hydrogen-bond donors (Lipinski definition) is 1. The van der Waals surface area contributed by atoms with E-state index < -0.39 is 0 Å². The number of carbonyl (C=O) groups excluding carboxylic acids is 3. The van der Waals surface area contributed by atoms with Crippen molar-refractivity contribution in [3.8, 4) is 0 Å². The van der Waals surface area contributed by atoms with Gasteiger partial charge in [-0.3, -0.25) is 14.4 Å². The molecule has 4 rings (SSSR count). The van der Waals surface area contributed by atoms with Gasteiger partial charge in [-0.15, -0.1) is 11.8 Å². The number of thioether (sulfide) groups is 1. The normalized spacial score (nSPS) is 16.4. The standard InChI is InChI=1S/C27H32FN3O3S/c28-23-9-3-1-7-20(23)11-14-29-26(33)21-12-17-31(18-13-21)27(34)22-8-2-4-10-24(22)35-19-25(32)30-15-5-6-16-30/h1-4,7-10,21H,5-6,11-19H2,(H,29,33). The first-order valence-electron chi connectivity index (χ1n) is 12.3. The summed E-state index contributed by atoms with van der Waals surface area (Å²) >= 11 is 1.42. The Morgan fingerprint density at radius 2 is 1.60 bits per heavy atom. The van der Waals surface area contributed by atoms with Crippen LogP contribution in [-0.2, 0) is 16.0 Å². The molecular formula is C27H32FN3O3S. The molecule has 2 aliphatic heterocycles. The lowest BCUT2D eigenvalue weighted by Crippen LogP contribution is -2.43. The molecule has 2 aliphatic rings. The molecule has 1 N–H and O–H groups in total. The molecule has 2 fully saturated rings. The van der Waals surface area contributed by atoms with Gasteiger partial charge in [0.15, 0.2) is 0 Å². The third-order valence-corrected chi connectivity index (χ3v) is 7.79. The second kappa shape index (κ2) is 12.2. The van der Waals surface area contributed by atoms with Crippen molar-refractivity contribution in [3.63, 3.8) is 0 Å². The molecule has 0 unspecified atom stereocenters. The van der Waals surface area contributed by atoms with Crippen molar-refractivity contribution in [2.75, 3.05) is 38.5 Å². The first kappa shape index (κ1) is 25.2. The summed E-state index contributed by atoms with van der Waals surface area (Å²) in [5.41, 5.74) is 1.20. The summed E-state index contributed by atoms with van der Waals surface area (Å²) in [6.45, 7) is 3.06. The number of rotatable bonds is 8. The zero-order valence-corrected chi connectivity index (χ0v) is 20.7. The van der Waals surface area contributed by atoms with Crippen LogP contribution in [0, 0.1) is 11.7 Å². The summed E-state index contributed by atoms with van der Waals surface area (Å²) in [6.07, 6.45) is 3.76. The van der Waals surface area contributed by atoms with Crippen LogP contribution in [0.4, 0.5) is 4.39 Å². The van der Waals surface area contributed by atoms with Crippen LogP contribution in [0.2, 0.25) is 0 Å². The smallest absolute Gasteiger partial charge is 0.254 e. The van der Waals surface area contributed by atoms with Crippen LogP contribution in [0.25, 0.3) is 0 Å². The second-order valence-corrected chi connectivity index (χ2v) is 10.1. The molecule has 0 saturated carbocycles. The fourth-order valence-corrected chi connectivity index (χ4v) is 5.59. The number of nitrogens with one attached hydrogen (secondary N) is 1. The van der Waals surface area contributed by atoms with Crippen molar-refractivity contribution in [1.29, 1.82) is 0 Å². The second-order valence-electron chi connectivity index (χ2n) is 9.07. The number of hydrogen-bond acceptors (Lipinski definition) is 4. The lowest BCUT2D eigenvalue weighted by Gasteiger charge is -2.32. The van der Waals surface area contributed by atoms with Crippen molar-refractivity contribution < 1.29 is 18.8 Å². The molecule has 6 nitrogen and oxygen atoms in total. The third kappa shape index (κ3) is 6.63. The van der Waals surface area contributed by atoms with E-state index in [9.17, 15) is 18.8 Å². The number of nitrogens with zero attached hydrogens (tertiary/aromatic N) is 2. The molecule has 0 atom stereocenters. The quantitative estimate of drug-likeness (QED) is 0.564.